The molecule has 0 fully saturated rings. The topological polar surface area (TPSA) is 59.3 Å². The number of carbonyl (C=O) groups is 1. The highest BCUT2D eigenvalue weighted by molar-refractivity contribution is 5.92. The van der Waals surface area contributed by atoms with Gasteiger partial charge in [0, 0.05) is 0 Å². The van der Waals surface area contributed by atoms with Crippen LogP contribution in [0.3, 0.4) is 0 Å². The third-order valence-corrected chi connectivity index (χ3v) is 4.06. The van der Waals surface area contributed by atoms with Crippen LogP contribution in [0.25, 0.3) is 10.9 Å². The molecule has 2 aromatic carbocycles. The number of pyridine rings is 1. The zero-order chi connectivity index (χ0) is 16.6. The molecule has 0 aliphatic rings. The predicted octanol–water partition coefficient (Wildman–Crippen LogP) is 3.36. The zero-order valence-electron chi connectivity index (χ0n) is 13.0. The molecule has 4 nitrogen and oxygen atoms in total. The molecule has 1 N–H and O–H groups in total. The lowest BCUT2D eigenvalue weighted by Gasteiger charge is -2.13. The number of aromatic nitrogens is 1. The summed E-state index contributed by atoms with van der Waals surface area (Å²) in [6.45, 7) is 4.37. The van der Waals surface area contributed by atoms with Gasteiger partial charge in [-0.15, -0.1) is 0 Å². The zero-order valence-corrected chi connectivity index (χ0v) is 13.0. The molecule has 0 amide bonds. The van der Waals surface area contributed by atoms with Gasteiger partial charge in [-0.1, -0.05) is 42.0 Å². The number of fused-ring (bicyclic) bond motifs is 1. The summed E-state index contributed by atoms with van der Waals surface area (Å²) in [7, 11) is 0. The van der Waals surface area contributed by atoms with Crippen LogP contribution in [0, 0.1) is 13.8 Å². The molecule has 0 radical (unpaired) electrons. The fourth-order valence-corrected chi connectivity index (χ4v) is 2.83. The molecule has 3 aromatic rings. The van der Waals surface area contributed by atoms with Gasteiger partial charge in [0.25, 0.3) is 5.56 Å². The molecule has 0 spiro atoms. The van der Waals surface area contributed by atoms with Crippen molar-refractivity contribution in [1.29, 1.82) is 0 Å². The lowest BCUT2D eigenvalue weighted by Crippen LogP contribution is -2.27. The van der Waals surface area contributed by atoms with Crippen molar-refractivity contribution in [3.63, 3.8) is 0 Å². The third-order valence-electron chi connectivity index (χ3n) is 4.06. The summed E-state index contributed by atoms with van der Waals surface area (Å²) in [4.78, 5) is 24.0. The number of hydrogen-bond donors (Lipinski definition) is 1. The summed E-state index contributed by atoms with van der Waals surface area (Å²) in [5.74, 6) is -1.20. The Morgan fingerprint density at radius 1 is 1.09 bits per heavy atom. The molecule has 0 aliphatic carbocycles. The molecule has 23 heavy (non-hydrogen) atoms. The van der Waals surface area contributed by atoms with Gasteiger partial charge < -0.3 is 9.67 Å². The first-order valence-corrected chi connectivity index (χ1v) is 7.39. The van der Waals surface area contributed by atoms with Crippen molar-refractivity contribution in [2.45, 2.75) is 20.4 Å². The van der Waals surface area contributed by atoms with Crippen LogP contribution in [0.5, 0.6) is 0 Å². The summed E-state index contributed by atoms with van der Waals surface area (Å²) in [6, 6.07) is 14.8. The lowest BCUT2D eigenvalue weighted by molar-refractivity contribution is 0.0694. The average Bonchev–Trinajstić information content (AvgIpc) is 2.51. The predicted molar refractivity (Wildman–Crippen MR) is 90.2 cm³/mol. The molecular weight excluding hydrogens is 290 g/mol. The molecule has 0 aliphatic heterocycles. The maximum absolute atomic E-state index is 12.6. The van der Waals surface area contributed by atoms with Crippen LogP contribution in [-0.2, 0) is 6.54 Å². The van der Waals surface area contributed by atoms with E-state index >= 15 is 0 Å². The summed E-state index contributed by atoms with van der Waals surface area (Å²) in [6.07, 6.45) is 0. The fourth-order valence-electron chi connectivity index (χ4n) is 2.83. The Morgan fingerprint density at radius 2 is 1.83 bits per heavy atom. The van der Waals surface area contributed by atoms with E-state index in [2.05, 4.69) is 6.07 Å². The number of aryl methyl sites for hydroxylation is 2. The van der Waals surface area contributed by atoms with E-state index in [1.165, 1.54) is 10.6 Å². The monoisotopic (exact) mass is 307 g/mol. The first-order valence-electron chi connectivity index (χ1n) is 7.39. The summed E-state index contributed by atoms with van der Waals surface area (Å²) >= 11 is 0. The Labute approximate surface area is 133 Å². The minimum atomic E-state index is -1.20. The average molecular weight is 307 g/mol. The van der Waals surface area contributed by atoms with Gasteiger partial charge in [0.15, 0.2) is 0 Å². The van der Waals surface area contributed by atoms with Crippen molar-refractivity contribution in [2.75, 3.05) is 0 Å². The molecular formula is C19H17NO3. The highest BCUT2D eigenvalue weighted by atomic mass is 16.4. The number of nitrogens with zero attached hydrogens (tertiary/aromatic N) is 1. The Morgan fingerprint density at radius 3 is 2.52 bits per heavy atom. The molecule has 0 unspecified atom stereocenters. The molecule has 0 saturated heterocycles. The Bertz CT molecular complexity index is 970. The van der Waals surface area contributed by atoms with E-state index in [0.29, 0.717) is 6.54 Å². The van der Waals surface area contributed by atoms with Crippen LogP contribution in [-0.4, -0.2) is 15.6 Å². The van der Waals surface area contributed by atoms with Gasteiger partial charge in [0.1, 0.15) is 5.56 Å². The highest BCUT2D eigenvalue weighted by Gasteiger charge is 2.15. The van der Waals surface area contributed by atoms with Gasteiger partial charge >= 0.3 is 5.97 Å². The lowest BCUT2D eigenvalue weighted by atomic mass is 10.0. The molecule has 0 saturated carbocycles. The van der Waals surface area contributed by atoms with Crippen LogP contribution in [0.4, 0.5) is 0 Å². The van der Waals surface area contributed by atoms with Crippen molar-refractivity contribution in [3.8, 4) is 0 Å². The molecule has 1 heterocycles. The van der Waals surface area contributed by atoms with E-state index in [9.17, 15) is 14.7 Å². The smallest absolute Gasteiger partial charge is 0.341 e. The third kappa shape index (κ3) is 2.75. The number of carboxylic acid groups (broad SMARTS) is 1. The van der Waals surface area contributed by atoms with E-state index in [4.69, 9.17) is 0 Å². The molecule has 4 heteroatoms. The molecule has 0 bridgehead atoms. The van der Waals surface area contributed by atoms with Gasteiger partial charge in [0.05, 0.1) is 12.1 Å². The summed E-state index contributed by atoms with van der Waals surface area (Å²) in [5.41, 5.74) is 3.31. The normalized spacial score (nSPS) is 10.9. The fraction of sp³-hybridized carbons (Fsp3) is 0.158. The van der Waals surface area contributed by atoms with Gasteiger partial charge in [-0.3, -0.25) is 4.79 Å². The van der Waals surface area contributed by atoms with Crippen LogP contribution in [0.1, 0.15) is 27.0 Å². The van der Waals surface area contributed by atoms with Gasteiger partial charge in [-0.25, -0.2) is 4.79 Å². The van der Waals surface area contributed by atoms with E-state index < -0.39 is 11.5 Å². The molecule has 1 aromatic heterocycles. The van der Waals surface area contributed by atoms with E-state index in [-0.39, 0.29) is 5.56 Å². The van der Waals surface area contributed by atoms with Gasteiger partial charge in [0.2, 0.25) is 0 Å². The van der Waals surface area contributed by atoms with E-state index in [0.717, 1.165) is 27.6 Å². The van der Waals surface area contributed by atoms with Crippen LogP contribution < -0.4 is 5.56 Å². The summed E-state index contributed by atoms with van der Waals surface area (Å²) < 4.78 is 1.54. The second-order valence-corrected chi connectivity index (χ2v) is 5.74. The van der Waals surface area contributed by atoms with Crippen molar-refractivity contribution in [3.05, 3.63) is 81.1 Å². The Hall–Kier alpha value is -2.88. The molecule has 3 rings (SSSR count). The van der Waals surface area contributed by atoms with Crippen molar-refractivity contribution in [2.24, 2.45) is 0 Å². The molecule has 0 atom stereocenters. The number of aromatic carboxylic acids is 1. The minimum absolute atomic E-state index is 0.200. The Balaban J connectivity index is 2.25. The quantitative estimate of drug-likeness (QED) is 0.807. The Kier molecular flexibility index (Phi) is 3.74. The maximum Gasteiger partial charge on any atom is 0.341 e. The highest BCUT2D eigenvalue weighted by Crippen LogP contribution is 2.17. The van der Waals surface area contributed by atoms with Gasteiger partial charge in [-0.2, -0.15) is 0 Å². The first kappa shape index (κ1) is 15.0. The number of para-hydroxylation sites is 1. The minimum Gasteiger partial charge on any atom is -0.477 e. The largest absolute Gasteiger partial charge is 0.477 e. The summed E-state index contributed by atoms with van der Waals surface area (Å²) in [5, 5.41) is 10.0. The first-order chi connectivity index (χ1) is 11.0. The van der Waals surface area contributed by atoms with Crippen molar-refractivity contribution < 1.29 is 9.90 Å². The van der Waals surface area contributed by atoms with Crippen LogP contribution in [0.15, 0.2) is 53.3 Å². The van der Waals surface area contributed by atoms with Crippen LogP contribution in [0.2, 0.25) is 0 Å². The van der Waals surface area contributed by atoms with E-state index in [1.54, 1.807) is 0 Å². The number of benzene rings is 2. The van der Waals surface area contributed by atoms with Gasteiger partial charge in [-0.05, 0) is 42.5 Å². The van der Waals surface area contributed by atoms with Crippen LogP contribution >= 0.6 is 0 Å². The number of hydrogen-bond acceptors (Lipinski definition) is 2. The second-order valence-electron chi connectivity index (χ2n) is 5.74. The number of rotatable bonds is 3. The number of carboxylic acids is 1. The second kappa shape index (κ2) is 5.72. The SMILES string of the molecule is Cc1ccc(Cn2c(=O)c(C(=O)O)cc3ccccc32)c(C)c1. The maximum atomic E-state index is 12.6. The van der Waals surface area contributed by atoms with Crippen molar-refractivity contribution >= 4 is 16.9 Å². The standard InChI is InChI=1S/C19H17NO3/c1-12-7-8-15(13(2)9-12)11-20-17-6-4-3-5-14(17)10-16(18(20)21)19(22)23/h3-10H,11H2,1-2H3,(H,22,23). The molecule has 116 valence electrons. The van der Waals surface area contributed by atoms with Crippen molar-refractivity contribution in [1.82, 2.24) is 4.57 Å². The van der Waals surface area contributed by atoms with E-state index in [1.807, 2.05) is 50.2 Å².